The Kier molecular flexibility index (Phi) is 4.81. The lowest BCUT2D eigenvalue weighted by Gasteiger charge is -2.56. The molecular weight excluding hydrogens is 358 g/mol. The first kappa shape index (κ1) is 19.6. The van der Waals surface area contributed by atoms with Crippen molar-refractivity contribution in [1.82, 2.24) is 0 Å². The van der Waals surface area contributed by atoms with Crippen molar-refractivity contribution in [2.24, 2.45) is 35.0 Å². The van der Waals surface area contributed by atoms with Crippen molar-refractivity contribution in [3.8, 4) is 0 Å². The van der Waals surface area contributed by atoms with E-state index < -0.39 is 0 Å². The Morgan fingerprint density at radius 2 is 1.72 bits per heavy atom. The summed E-state index contributed by atoms with van der Waals surface area (Å²) in [6.07, 6.45) is 8.55. The van der Waals surface area contributed by atoms with E-state index in [1.807, 2.05) is 0 Å². The lowest BCUT2D eigenvalue weighted by atomic mass is 9.48. The average Bonchev–Trinajstić information content (AvgIpc) is 3.02. The molecule has 0 aromatic heterocycles. The molecule has 1 N–H and O–H groups in total. The van der Waals surface area contributed by atoms with Gasteiger partial charge in [0.1, 0.15) is 5.78 Å². The SMILES string of the molecule is CN(C)c1ccc([C@@H]2CC(=O)C[C@@H]3CC[C@@H]4[C@H](CC[C@]5(C)[C@@H](O)CC[C@@H]45)[C@H]32)cc1. The maximum Gasteiger partial charge on any atom is 0.133 e. The highest BCUT2D eigenvalue weighted by atomic mass is 16.3. The molecule has 158 valence electrons. The molecule has 0 amide bonds. The van der Waals surface area contributed by atoms with Gasteiger partial charge in [0.2, 0.25) is 0 Å². The Bertz CT molecular complexity index is 771. The van der Waals surface area contributed by atoms with E-state index in [2.05, 4.69) is 50.2 Å². The average molecular weight is 396 g/mol. The van der Waals surface area contributed by atoms with E-state index in [4.69, 9.17) is 0 Å². The van der Waals surface area contributed by atoms with Crippen LogP contribution in [0.4, 0.5) is 5.69 Å². The lowest BCUT2D eigenvalue weighted by molar-refractivity contribution is -0.130. The number of hydrogen-bond donors (Lipinski definition) is 1. The summed E-state index contributed by atoms with van der Waals surface area (Å²) < 4.78 is 0. The van der Waals surface area contributed by atoms with Crippen molar-refractivity contribution in [2.45, 2.75) is 70.3 Å². The normalized spacial score (nSPS) is 44.0. The van der Waals surface area contributed by atoms with Crippen molar-refractivity contribution >= 4 is 11.5 Å². The fourth-order valence-electron chi connectivity index (χ4n) is 8.11. The van der Waals surface area contributed by atoms with Crippen LogP contribution >= 0.6 is 0 Å². The number of benzene rings is 1. The van der Waals surface area contributed by atoms with Gasteiger partial charge >= 0.3 is 0 Å². The second-order valence-corrected chi connectivity index (χ2v) is 11.0. The zero-order valence-electron chi connectivity index (χ0n) is 18.3. The molecule has 0 aliphatic heterocycles. The number of hydrogen-bond acceptors (Lipinski definition) is 3. The highest BCUT2D eigenvalue weighted by molar-refractivity contribution is 5.80. The standard InChI is InChI=1S/C26H37NO2/c1-26-13-12-21-20(23(26)10-11-24(26)29)9-6-17-14-19(28)15-22(25(17)21)16-4-7-18(8-5-16)27(2)3/h4-5,7-8,17,20-25,29H,6,9-15H2,1-3H3/t17-,20+,21-,22-,23-,24-,25-,26-/m0/s1. The summed E-state index contributed by atoms with van der Waals surface area (Å²) in [5, 5.41) is 10.7. The minimum Gasteiger partial charge on any atom is -0.393 e. The molecule has 0 spiro atoms. The van der Waals surface area contributed by atoms with Crippen LogP contribution in [0.2, 0.25) is 0 Å². The van der Waals surface area contributed by atoms with Gasteiger partial charge in [-0.2, -0.15) is 0 Å². The summed E-state index contributed by atoms with van der Waals surface area (Å²) in [7, 11) is 4.16. The van der Waals surface area contributed by atoms with Crippen LogP contribution in [0.3, 0.4) is 0 Å². The first-order valence-electron chi connectivity index (χ1n) is 11.9. The molecule has 1 aromatic rings. The maximum absolute atomic E-state index is 12.7. The van der Waals surface area contributed by atoms with E-state index in [1.54, 1.807) is 0 Å². The lowest BCUT2D eigenvalue weighted by Crippen LogP contribution is -2.51. The van der Waals surface area contributed by atoms with E-state index in [0.717, 1.165) is 31.1 Å². The Balaban J connectivity index is 1.46. The molecule has 4 fully saturated rings. The van der Waals surface area contributed by atoms with E-state index >= 15 is 0 Å². The number of fused-ring (bicyclic) bond motifs is 5. The predicted octanol–water partition coefficient (Wildman–Crippen LogP) is 5.03. The number of anilines is 1. The molecule has 0 unspecified atom stereocenters. The summed E-state index contributed by atoms with van der Waals surface area (Å²) in [5.41, 5.74) is 2.74. The first-order chi connectivity index (χ1) is 13.9. The fraction of sp³-hybridized carbons (Fsp3) is 0.731. The molecule has 0 heterocycles. The van der Waals surface area contributed by atoms with Crippen molar-refractivity contribution in [1.29, 1.82) is 0 Å². The molecule has 1 aromatic carbocycles. The third kappa shape index (κ3) is 3.07. The molecular formula is C26H37NO2. The van der Waals surface area contributed by atoms with Gasteiger partial charge in [0.25, 0.3) is 0 Å². The Labute approximate surface area is 175 Å². The molecule has 0 radical (unpaired) electrons. The Morgan fingerprint density at radius 1 is 0.966 bits per heavy atom. The number of carbonyl (C=O) groups is 1. The van der Waals surface area contributed by atoms with E-state index in [0.29, 0.717) is 29.5 Å². The molecule has 4 aliphatic carbocycles. The highest BCUT2D eigenvalue weighted by Gasteiger charge is 2.58. The zero-order valence-corrected chi connectivity index (χ0v) is 18.3. The van der Waals surface area contributed by atoms with Crippen LogP contribution in [0.25, 0.3) is 0 Å². The largest absolute Gasteiger partial charge is 0.393 e. The number of rotatable bonds is 2. The molecule has 8 atom stereocenters. The van der Waals surface area contributed by atoms with Crippen molar-refractivity contribution in [2.75, 3.05) is 19.0 Å². The summed E-state index contributed by atoms with van der Waals surface area (Å²) in [5.74, 6) is 4.27. The Hall–Kier alpha value is -1.35. The summed E-state index contributed by atoms with van der Waals surface area (Å²) >= 11 is 0. The van der Waals surface area contributed by atoms with Gasteiger partial charge in [-0.05, 0) is 97.1 Å². The van der Waals surface area contributed by atoms with Crippen LogP contribution in [0.1, 0.15) is 69.8 Å². The number of Topliss-reactive ketones (excluding diaryl/α,β-unsaturated/α-hetero) is 1. The fourth-order valence-corrected chi connectivity index (χ4v) is 8.11. The number of nitrogens with zero attached hydrogens (tertiary/aromatic N) is 1. The van der Waals surface area contributed by atoms with Crippen LogP contribution in [0.15, 0.2) is 24.3 Å². The number of aliphatic hydroxyl groups is 1. The zero-order chi connectivity index (χ0) is 20.3. The number of carbonyl (C=O) groups excluding carboxylic acids is 1. The van der Waals surface area contributed by atoms with Gasteiger partial charge in [-0.3, -0.25) is 4.79 Å². The maximum atomic E-state index is 12.7. The highest BCUT2D eigenvalue weighted by Crippen LogP contribution is 2.63. The topological polar surface area (TPSA) is 40.5 Å². The molecule has 4 saturated carbocycles. The van der Waals surface area contributed by atoms with E-state index in [-0.39, 0.29) is 11.5 Å². The second kappa shape index (κ2) is 7.11. The van der Waals surface area contributed by atoms with Crippen LogP contribution in [-0.4, -0.2) is 31.1 Å². The van der Waals surface area contributed by atoms with Gasteiger partial charge < -0.3 is 10.0 Å². The summed E-state index contributed by atoms with van der Waals surface area (Å²) in [6.45, 7) is 2.36. The van der Waals surface area contributed by atoms with Gasteiger partial charge in [0.05, 0.1) is 6.10 Å². The summed E-state index contributed by atoms with van der Waals surface area (Å²) in [6, 6.07) is 9.00. The molecule has 5 rings (SSSR count). The van der Waals surface area contributed by atoms with Crippen molar-refractivity contribution < 1.29 is 9.90 Å². The molecule has 3 heteroatoms. The van der Waals surface area contributed by atoms with Crippen LogP contribution in [-0.2, 0) is 4.79 Å². The number of ketones is 1. The quantitative estimate of drug-likeness (QED) is 0.764. The minimum atomic E-state index is -0.103. The molecule has 3 nitrogen and oxygen atoms in total. The van der Waals surface area contributed by atoms with Gasteiger partial charge in [-0.25, -0.2) is 0 Å². The molecule has 29 heavy (non-hydrogen) atoms. The monoisotopic (exact) mass is 395 g/mol. The van der Waals surface area contributed by atoms with Gasteiger partial charge in [-0.1, -0.05) is 19.1 Å². The van der Waals surface area contributed by atoms with Gasteiger partial charge in [0, 0.05) is 32.6 Å². The number of aliphatic hydroxyl groups excluding tert-OH is 1. The minimum absolute atomic E-state index is 0.103. The predicted molar refractivity (Wildman–Crippen MR) is 117 cm³/mol. The third-order valence-corrected chi connectivity index (χ3v) is 9.59. The van der Waals surface area contributed by atoms with Crippen molar-refractivity contribution in [3.63, 3.8) is 0 Å². The van der Waals surface area contributed by atoms with Crippen LogP contribution in [0.5, 0.6) is 0 Å². The van der Waals surface area contributed by atoms with E-state index in [1.165, 1.54) is 43.4 Å². The molecule has 0 saturated heterocycles. The van der Waals surface area contributed by atoms with Crippen LogP contribution in [0, 0.1) is 35.0 Å². The third-order valence-electron chi connectivity index (χ3n) is 9.59. The molecule has 4 aliphatic rings. The van der Waals surface area contributed by atoms with Crippen LogP contribution < -0.4 is 4.90 Å². The van der Waals surface area contributed by atoms with Gasteiger partial charge in [-0.15, -0.1) is 0 Å². The Morgan fingerprint density at radius 3 is 2.45 bits per heavy atom. The second-order valence-electron chi connectivity index (χ2n) is 11.0. The summed E-state index contributed by atoms with van der Waals surface area (Å²) in [4.78, 5) is 14.8. The van der Waals surface area contributed by atoms with Gasteiger partial charge in [0.15, 0.2) is 0 Å². The smallest absolute Gasteiger partial charge is 0.133 e. The first-order valence-corrected chi connectivity index (χ1v) is 11.9. The van der Waals surface area contributed by atoms with Crippen molar-refractivity contribution in [3.05, 3.63) is 29.8 Å². The molecule has 0 bridgehead atoms. The van der Waals surface area contributed by atoms with E-state index in [9.17, 15) is 9.90 Å².